The number of nitrogens with one attached hydrogen (secondary N) is 2. The van der Waals surface area contributed by atoms with Crippen LogP contribution in [-0.4, -0.2) is 35.6 Å². The smallest absolute Gasteiger partial charge is 0.323 e. The molecule has 1 fully saturated rings. The van der Waals surface area contributed by atoms with Gasteiger partial charge in [0.15, 0.2) is 0 Å². The monoisotopic (exact) mass is 172 g/mol. The largest absolute Gasteiger partial charge is 0.480 e. The van der Waals surface area contributed by atoms with Gasteiger partial charge in [0, 0.05) is 12.6 Å². The molecule has 0 aromatic rings. The van der Waals surface area contributed by atoms with E-state index in [9.17, 15) is 9.59 Å². The van der Waals surface area contributed by atoms with Gasteiger partial charge >= 0.3 is 5.97 Å². The van der Waals surface area contributed by atoms with Crippen molar-refractivity contribution in [1.82, 2.24) is 10.6 Å². The molecule has 1 saturated heterocycles. The molecule has 0 radical (unpaired) electrons. The molecular weight excluding hydrogens is 160 g/mol. The van der Waals surface area contributed by atoms with Crippen LogP contribution in [0.1, 0.15) is 13.3 Å². The molecule has 1 rings (SSSR count). The minimum absolute atomic E-state index is 0.0661. The van der Waals surface area contributed by atoms with Crippen molar-refractivity contribution in [3.8, 4) is 0 Å². The van der Waals surface area contributed by atoms with Gasteiger partial charge in [-0.1, -0.05) is 0 Å². The van der Waals surface area contributed by atoms with Crippen LogP contribution in [0.2, 0.25) is 0 Å². The van der Waals surface area contributed by atoms with Crippen molar-refractivity contribution in [2.24, 2.45) is 0 Å². The van der Waals surface area contributed by atoms with Crippen LogP contribution in [0.15, 0.2) is 0 Å². The van der Waals surface area contributed by atoms with E-state index >= 15 is 0 Å². The van der Waals surface area contributed by atoms with Crippen LogP contribution in [0.5, 0.6) is 0 Å². The highest BCUT2D eigenvalue weighted by atomic mass is 16.4. The van der Waals surface area contributed by atoms with Crippen molar-refractivity contribution in [2.75, 3.05) is 6.54 Å². The third-order valence-electron chi connectivity index (χ3n) is 2.17. The van der Waals surface area contributed by atoms with Gasteiger partial charge < -0.3 is 10.4 Å². The number of carboxylic acid groups (broad SMARTS) is 1. The normalized spacial score (nSPS) is 34.6. The number of carbonyl (C=O) groups is 2. The predicted molar refractivity (Wildman–Crippen MR) is 41.6 cm³/mol. The highest BCUT2D eigenvalue weighted by Gasteiger charge is 2.40. The molecule has 5 heteroatoms. The van der Waals surface area contributed by atoms with Crippen LogP contribution >= 0.6 is 0 Å². The Morgan fingerprint density at radius 2 is 2.50 bits per heavy atom. The van der Waals surface area contributed by atoms with Crippen LogP contribution in [-0.2, 0) is 9.59 Å². The van der Waals surface area contributed by atoms with Crippen LogP contribution in [0.4, 0.5) is 0 Å². The Bertz CT molecular complexity index is 207. The van der Waals surface area contributed by atoms with Crippen LogP contribution in [0, 0.1) is 0 Å². The number of aliphatic carboxylic acids is 1. The Morgan fingerprint density at radius 3 is 2.92 bits per heavy atom. The summed E-state index contributed by atoms with van der Waals surface area (Å²) in [6, 6.07) is -0.0661. The Hall–Kier alpha value is -1.10. The zero-order valence-electron chi connectivity index (χ0n) is 6.83. The summed E-state index contributed by atoms with van der Waals surface area (Å²) in [5, 5.41) is 14.2. The molecule has 0 bridgehead atoms. The first-order valence-corrected chi connectivity index (χ1v) is 3.76. The van der Waals surface area contributed by atoms with Crippen molar-refractivity contribution in [2.45, 2.75) is 24.9 Å². The highest BCUT2D eigenvalue weighted by molar-refractivity contribution is 5.78. The molecule has 0 spiro atoms. The van der Waals surface area contributed by atoms with Crippen LogP contribution in [0.25, 0.3) is 0 Å². The number of rotatable bonds is 3. The lowest BCUT2D eigenvalue weighted by Crippen LogP contribution is -2.44. The summed E-state index contributed by atoms with van der Waals surface area (Å²) in [6.45, 7) is 2.13. The van der Waals surface area contributed by atoms with Gasteiger partial charge in [-0.25, -0.2) is 0 Å². The first kappa shape index (κ1) is 8.99. The van der Waals surface area contributed by atoms with E-state index in [2.05, 4.69) is 10.6 Å². The maximum absolute atomic E-state index is 10.7. The van der Waals surface area contributed by atoms with Crippen molar-refractivity contribution in [3.63, 3.8) is 0 Å². The summed E-state index contributed by atoms with van der Waals surface area (Å²) in [5.74, 6) is -0.877. The number of hydrogen-bond acceptors (Lipinski definition) is 3. The van der Waals surface area contributed by atoms with Gasteiger partial charge in [-0.05, 0) is 13.3 Å². The Labute approximate surface area is 70.1 Å². The van der Waals surface area contributed by atoms with Crippen molar-refractivity contribution in [1.29, 1.82) is 0 Å². The lowest BCUT2D eigenvalue weighted by molar-refractivity contribution is -0.143. The van der Waals surface area contributed by atoms with Gasteiger partial charge in [-0.15, -0.1) is 0 Å². The van der Waals surface area contributed by atoms with Gasteiger partial charge in [-0.3, -0.25) is 14.9 Å². The molecule has 2 atom stereocenters. The first-order chi connectivity index (χ1) is 5.58. The topological polar surface area (TPSA) is 78.4 Å². The molecule has 1 heterocycles. The second kappa shape index (κ2) is 3.10. The van der Waals surface area contributed by atoms with Crippen molar-refractivity contribution in [3.05, 3.63) is 0 Å². The SMILES string of the molecule is CC1(C(=O)O)CC(NC=O)CN1. The molecule has 3 N–H and O–H groups in total. The van der Waals surface area contributed by atoms with Crippen molar-refractivity contribution < 1.29 is 14.7 Å². The van der Waals surface area contributed by atoms with E-state index in [1.807, 2.05) is 0 Å². The Morgan fingerprint density at radius 1 is 1.83 bits per heavy atom. The van der Waals surface area contributed by atoms with Gasteiger partial charge in [0.2, 0.25) is 6.41 Å². The third-order valence-corrected chi connectivity index (χ3v) is 2.17. The molecule has 1 amide bonds. The summed E-state index contributed by atoms with van der Waals surface area (Å²) in [4.78, 5) is 20.7. The minimum atomic E-state index is -0.888. The standard InChI is InChI=1S/C7H12N2O3/c1-7(6(11)12)2-5(3-9-7)8-4-10/h4-5,9H,2-3H2,1H3,(H,8,10)(H,11,12). The molecular formula is C7H12N2O3. The molecule has 0 aromatic carbocycles. The zero-order valence-corrected chi connectivity index (χ0v) is 6.83. The molecule has 12 heavy (non-hydrogen) atoms. The average molecular weight is 172 g/mol. The van der Waals surface area contributed by atoms with Gasteiger partial charge in [0.05, 0.1) is 0 Å². The van der Waals surface area contributed by atoms with Crippen LogP contribution in [0.3, 0.4) is 0 Å². The maximum Gasteiger partial charge on any atom is 0.323 e. The molecule has 0 aromatic heterocycles. The molecule has 68 valence electrons. The minimum Gasteiger partial charge on any atom is -0.480 e. The lowest BCUT2D eigenvalue weighted by Gasteiger charge is -2.17. The van der Waals surface area contributed by atoms with Crippen LogP contribution < -0.4 is 10.6 Å². The summed E-state index contributed by atoms with van der Waals surface area (Å²) >= 11 is 0. The molecule has 5 nitrogen and oxygen atoms in total. The molecule has 1 aliphatic heterocycles. The van der Waals surface area contributed by atoms with Gasteiger partial charge in [-0.2, -0.15) is 0 Å². The van der Waals surface area contributed by atoms with Gasteiger partial charge in [0.1, 0.15) is 5.54 Å². The number of carbonyl (C=O) groups excluding carboxylic acids is 1. The average Bonchev–Trinajstić information content (AvgIpc) is 2.34. The molecule has 2 unspecified atom stereocenters. The number of hydrogen-bond donors (Lipinski definition) is 3. The Kier molecular flexibility index (Phi) is 2.32. The number of amides is 1. The summed E-state index contributed by atoms with van der Waals surface area (Å²) in [5.41, 5.74) is -0.888. The summed E-state index contributed by atoms with van der Waals surface area (Å²) < 4.78 is 0. The van der Waals surface area contributed by atoms with E-state index < -0.39 is 11.5 Å². The fourth-order valence-corrected chi connectivity index (χ4v) is 1.36. The highest BCUT2D eigenvalue weighted by Crippen LogP contribution is 2.18. The van der Waals surface area contributed by atoms with Crippen molar-refractivity contribution >= 4 is 12.4 Å². The molecule has 0 aliphatic carbocycles. The van der Waals surface area contributed by atoms with E-state index in [0.29, 0.717) is 19.4 Å². The quantitative estimate of drug-likeness (QED) is 0.474. The van der Waals surface area contributed by atoms with E-state index in [0.717, 1.165) is 0 Å². The van der Waals surface area contributed by atoms with E-state index in [1.54, 1.807) is 6.92 Å². The zero-order chi connectivity index (χ0) is 9.19. The first-order valence-electron chi connectivity index (χ1n) is 3.76. The second-order valence-corrected chi connectivity index (χ2v) is 3.20. The summed E-state index contributed by atoms with van der Waals surface area (Å²) in [6.07, 6.45) is 1.03. The fourth-order valence-electron chi connectivity index (χ4n) is 1.36. The lowest BCUT2D eigenvalue weighted by atomic mass is 9.99. The van der Waals surface area contributed by atoms with Gasteiger partial charge in [0.25, 0.3) is 0 Å². The predicted octanol–water partition coefficient (Wildman–Crippen LogP) is -1.06. The molecule has 0 saturated carbocycles. The fraction of sp³-hybridized carbons (Fsp3) is 0.714. The number of carboxylic acids is 1. The van der Waals surface area contributed by atoms with E-state index in [4.69, 9.17) is 5.11 Å². The second-order valence-electron chi connectivity index (χ2n) is 3.20. The maximum atomic E-state index is 10.7. The summed E-state index contributed by atoms with van der Waals surface area (Å²) in [7, 11) is 0. The van der Waals surface area contributed by atoms with E-state index in [1.165, 1.54) is 0 Å². The Balaban J connectivity index is 2.54. The van der Waals surface area contributed by atoms with E-state index in [-0.39, 0.29) is 6.04 Å². The third kappa shape index (κ3) is 1.55. The molecule has 1 aliphatic rings.